The summed E-state index contributed by atoms with van der Waals surface area (Å²) in [5.41, 5.74) is 0.738. The van der Waals surface area contributed by atoms with Crippen LogP contribution in [0.25, 0.3) is 0 Å². The highest BCUT2D eigenvalue weighted by Gasteiger charge is 2.40. The highest BCUT2D eigenvalue weighted by molar-refractivity contribution is 6.30. The zero-order valence-corrected chi connectivity index (χ0v) is 12.8. The Morgan fingerprint density at radius 2 is 2.20 bits per heavy atom. The van der Waals surface area contributed by atoms with Crippen LogP contribution in [-0.4, -0.2) is 6.54 Å². The third kappa shape index (κ3) is 2.73. The third-order valence-electron chi connectivity index (χ3n) is 5.23. The lowest BCUT2D eigenvalue weighted by Crippen LogP contribution is -2.26. The van der Waals surface area contributed by atoms with Crippen molar-refractivity contribution in [2.45, 2.75) is 45.1 Å². The zero-order valence-electron chi connectivity index (χ0n) is 12.0. The highest BCUT2D eigenvalue weighted by atomic mass is 35.5. The Kier molecular flexibility index (Phi) is 4.32. The van der Waals surface area contributed by atoms with Gasteiger partial charge in [-0.05, 0) is 56.0 Å². The molecule has 20 heavy (non-hydrogen) atoms. The largest absolute Gasteiger partial charge is 0.310 e. The zero-order chi connectivity index (χ0) is 14.1. The number of nitrogens with one attached hydrogen (secondary N) is 1. The smallest absolute Gasteiger partial charge is 0.146 e. The molecule has 0 aliphatic heterocycles. The van der Waals surface area contributed by atoms with Crippen molar-refractivity contribution in [2.24, 2.45) is 17.8 Å². The van der Waals surface area contributed by atoms with Crippen molar-refractivity contribution in [3.63, 3.8) is 0 Å². The molecule has 0 heterocycles. The summed E-state index contributed by atoms with van der Waals surface area (Å²) in [7, 11) is 0. The molecule has 3 heteroatoms. The Balaban J connectivity index is 1.77. The molecule has 4 atom stereocenters. The third-order valence-corrected chi connectivity index (χ3v) is 5.52. The molecule has 2 bridgehead atoms. The Bertz CT molecular complexity index is 476. The van der Waals surface area contributed by atoms with Gasteiger partial charge in [-0.15, -0.1) is 0 Å². The van der Waals surface area contributed by atoms with E-state index >= 15 is 0 Å². The Hall–Kier alpha value is -0.600. The normalized spacial score (nSPS) is 29.9. The van der Waals surface area contributed by atoms with E-state index in [4.69, 9.17) is 11.6 Å². The average Bonchev–Trinajstić information content (AvgIpc) is 3.04. The molecule has 0 saturated heterocycles. The molecule has 1 aromatic carbocycles. The van der Waals surface area contributed by atoms with E-state index in [1.165, 1.54) is 25.7 Å². The van der Waals surface area contributed by atoms with Gasteiger partial charge in [-0.25, -0.2) is 4.39 Å². The van der Waals surface area contributed by atoms with Crippen molar-refractivity contribution < 1.29 is 4.39 Å². The summed E-state index contributed by atoms with van der Waals surface area (Å²) in [5.74, 6) is 2.33. The summed E-state index contributed by atoms with van der Waals surface area (Å²) in [6.45, 7) is 2.94. The Morgan fingerprint density at radius 1 is 1.35 bits per heavy atom. The van der Waals surface area contributed by atoms with Crippen LogP contribution >= 0.6 is 11.6 Å². The topological polar surface area (TPSA) is 12.0 Å². The lowest BCUT2D eigenvalue weighted by Gasteiger charge is -2.28. The second-order valence-electron chi connectivity index (χ2n) is 6.42. The van der Waals surface area contributed by atoms with E-state index in [0.717, 1.165) is 36.3 Å². The van der Waals surface area contributed by atoms with Gasteiger partial charge in [0.15, 0.2) is 0 Å². The van der Waals surface area contributed by atoms with Gasteiger partial charge >= 0.3 is 0 Å². The van der Waals surface area contributed by atoms with Gasteiger partial charge in [-0.2, -0.15) is 0 Å². The first-order chi connectivity index (χ1) is 9.69. The molecular formula is C17H23ClFN. The van der Waals surface area contributed by atoms with Gasteiger partial charge < -0.3 is 5.32 Å². The highest BCUT2D eigenvalue weighted by Crippen LogP contribution is 2.51. The number of rotatable bonds is 5. The molecule has 2 saturated carbocycles. The second-order valence-corrected chi connectivity index (χ2v) is 6.83. The maximum atomic E-state index is 14.3. The van der Waals surface area contributed by atoms with E-state index in [1.807, 2.05) is 12.1 Å². The summed E-state index contributed by atoms with van der Waals surface area (Å²) in [4.78, 5) is 0. The molecule has 1 nitrogen and oxygen atoms in total. The van der Waals surface area contributed by atoms with E-state index in [9.17, 15) is 4.39 Å². The average molecular weight is 296 g/mol. The monoisotopic (exact) mass is 295 g/mol. The molecule has 1 aromatic rings. The number of hydrogen-bond donors (Lipinski definition) is 1. The van der Waals surface area contributed by atoms with Crippen LogP contribution in [0.1, 0.15) is 50.6 Å². The number of fused-ring (bicyclic) bond motifs is 2. The molecule has 0 aromatic heterocycles. The predicted molar refractivity (Wildman–Crippen MR) is 81.4 cm³/mol. The lowest BCUT2D eigenvalue weighted by atomic mass is 9.82. The minimum Gasteiger partial charge on any atom is -0.310 e. The maximum Gasteiger partial charge on any atom is 0.146 e. The summed E-state index contributed by atoms with van der Waals surface area (Å²) >= 11 is 5.93. The fourth-order valence-corrected chi connectivity index (χ4v) is 4.51. The Labute approximate surface area is 125 Å². The van der Waals surface area contributed by atoms with Gasteiger partial charge in [0.05, 0.1) is 5.02 Å². The molecule has 0 radical (unpaired) electrons. The van der Waals surface area contributed by atoms with Crippen LogP contribution in [-0.2, 0) is 0 Å². The minimum absolute atomic E-state index is 0.100. The molecule has 110 valence electrons. The summed E-state index contributed by atoms with van der Waals surface area (Å²) < 4.78 is 14.3. The van der Waals surface area contributed by atoms with Gasteiger partial charge in [0.25, 0.3) is 0 Å². The molecule has 2 aliphatic rings. The van der Waals surface area contributed by atoms with Crippen LogP contribution in [0.4, 0.5) is 4.39 Å². The molecule has 0 amide bonds. The van der Waals surface area contributed by atoms with Crippen LogP contribution in [0.3, 0.4) is 0 Å². The molecule has 3 rings (SSSR count). The van der Waals surface area contributed by atoms with Gasteiger partial charge in [0.2, 0.25) is 0 Å². The Morgan fingerprint density at radius 3 is 2.85 bits per heavy atom. The van der Waals surface area contributed by atoms with Crippen molar-refractivity contribution in [3.8, 4) is 0 Å². The number of halogens is 2. The summed E-state index contributed by atoms with van der Waals surface area (Å²) in [5, 5.41) is 3.69. The number of hydrogen-bond acceptors (Lipinski definition) is 1. The standard InChI is InChI=1S/C17H23ClFN/c1-2-20-16(14-4-3-5-15(18)17(14)19)10-13-9-11-6-7-12(13)8-11/h3-5,11-13,16,20H,2,6-10H2,1H3. The van der Waals surface area contributed by atoms with E-state index in [0.29, 0.717) is 0 Å². The van der Waals surface area contributed by atoms with Crippen molar-refractivity contribution in [1.82, 2.24) is 5.32 Å². The van der Waals surface area contributed by atoms with Crippen LogP contribution < -0.4 is 5.32 Å². The predicted octanol–water partition coefficient (Wildman–Crippen LogP) is 4.96. The van der Waals surface area contributed by atoms with E-state index in [2.05, 4.69) is 12.2 Å². The molecule has 1 N–H and O–H groups in total. The van der Waals surface area contributed by atoms with Gasteiger partial charge in [-0.3, -0.25) is 0 Å². The van der Waals surface area contributed by atoms with Gasteiger partial charge in [-0.1, -0.05) is 37.1 Å². The summed E-state index contributed by atoms with van der Waals surface area (Å²) in [6, 6.07) is 5.46. The van der Waals surface area contributed by atoms with Crippen LogP contribution in [0.2, 0.25) is 5.02 Å². The van der Waals surface area contributed by atoms with Crippen molar-refractivity contribution in [2.75, 3.05) is 6.54 Å². The second kappa shape index (κ2) is 6.03. The summed E-state index contributed by atoms with van der Waals surface area (Å²) in [6.07, 6.45) is 6.59. The first-order valence-corrected chi connectivity index (χ1v) is 8.24. The number of benzene rings is 1. The first kappa shape index (κ1) is 14.3. The molecular weight excluding hydrogens is 273 g/mol. The van der Waals surface area contributed by atoms with Crippen LogP contribution in [0, 0.1) is 23.6 Å². The van der Waals surface area contributed by atoms with Gasteiger partial charge in [0.1, 0.15) is 5.82 Å². The van der Waals surface area contributed by atoms with Crippen LogP contribution in [0.5, 0.6) is 0 Å². The van der Waals surface area contributed by atoms with E-state index < -0.39 is 0 Å². The van der Waals surface area contributed by atoms with E-state index in [1.54, 1.807) is 6.07 Å². The maximum absolute atomic E-state index is 14.3. The van der Waals surface area contributed by atoms with E-state index in [-0.39, 0.29) is 16.9 Å². The van der Waals surface area contributed by atoms with Gasteiger partial charge in [0, 0.05) is 11.6 Å². The minimum atomic E-state index is -0.247. The van der Waals surface area contributed by atoms with Crippen molar-refractivity contribution >= 4 is 11.6 Å². The SMILES string of the molecule is CCNC(CC1CC2CCC1C2)c1cccc(Cl)c1F. The molecule has 4 unspecified atom stereocenters. The fourth-order valence-electron chi connectivity index (χ4n) is 4.32. The quantitative estimate of drug-likeness (QED) is 0.810. The molecule has 0 spiro atoms. The fraction of sp³-hybridized carbons (Fsp3) is 0.647. The molecule has 2 fully saturated rings. The first-order valence-electron chi connectivity index (χ1n) is 7.86. The lowest BCUT2D eigenvalue weighted by molar-refractivity contribution is 0.278. The van der Waals surface area contributed by atoms with Crippen molar-refractivity contribution in [3.05, 3.63) is 34.6 Å². The van der Waals surface area contributed by atoms with Crippen LogP contribution in [0.15, 0.2) is 18.2 Å². The molecule has 2 aliphatic carbocycles. The van der Waals surface area contributed by atoms with Crippen molar-refractivity contribution in [1.29, 1.82) is 0 Å².